The molecule has 1 aromatic heterocycles. The monoisotopic (exact) mass is 395 g/mol. The quantitative estimate of drug-likeness (QED) is 0.485. The van der Waals surface area contributed by atoms with Crippen molar-refractivity contribution in [2.24, 2.45) is 0 Å². The molecular weight excluding hydrogens is 374 g/mol. The first-order valence-corrected chi connectivity index (χ1v) is 9.11. The van der Waals surface area contributed by atoms with E-state index in [0.717, 1.165) is 11.3 Å². The summed E-state index contributed by atoms with van der Waals surface area (Å²) < 4.78 is 6.83. The number of amides is 1. The van der Waals surface area contributed by atoms with Gasteiger partial charge in [0.25, 0.3) is 11.6 Å². The number of aromatic nitrogens is 3. The maximum Gasteiger partial charge on any atom is 0.274 e. The van der Waals surface area contributed by atoms with E-state index in [-0.39, 0.29) is 23.3 Å². The van der Waals surface area contributed by atoms with Crippen molar-refractivity contribution < 1.29 is 14.5 Å². The Morgan fingerprint density at radius 3 is 2.66 bits per heavy atom. The Bertz CT molecular complexity index is 1030. The van der Waals surface area contributed by atoms with E-state index in [1.54, 1.807) is 19.1 Å². The minimum absolute atomic E-state index is 0.0625. The molecule has 1 heterocycles. The van der Waals surface area contributed by atoms with E-state index in [0.29, 0.717) is 18.0 Å². The van der Waals surface area contributed by atoms with Gasteiger partial charge in [-0.05, 0) is 44.5 Å². The average Bonchev–Trinajstić information content (AvgIpc) is 3.10. The fraction of sp³-hybridized carbons (Fsp3) is 0.250. The molecule has 0 saturated carbocycles. The number of rotatable bonds is 7. The van der Waals surface area contributed by atoms with Gasteiger partial charge in [-0.15, -0.1) is 5.10 Å². The number of nitrogens with zero attached hydrogens (tertiary/aromatic N) is 4. The molecule has 0 bridgehead atoms. The lowest BCUT2D eigenvalue weighted by Gasteiger charge is -2.14. The molecule has 1 N–H and O–H groups in total. The van der Waals surface area contributed by atoms with Gasteiger partial charge in [0.15, 0.2) is 5.69 Å². The molecule has 3 rings (SSSR count). The van der Waals surface area contributed by atoms with Crippen LogP contribution < -0.4 is 10.1 Å². The SMILES string of the molecule is CCOc1ccc(C(C)NC(=O)c2nnn(-c3cccc([N+](=O)[O-])c3)c2C)cc1. The Labute approximate surface area is 167 Å². The van der Waals surface area contributed by atoms with Gasteiger partial charge in [0.05, 0.1) is 29.0 Å². The third kappa shape index (κ3) is 4.40. The molecule has 9 heteroatoms. The van der Waals surface area contributed by atoms with Crippen molar-refractivity contribution in [3.8, 4) is 11.4 Å². The minimum Gasteiger partial charge on any atom is -0.494 e. The summed E-state index contributed by atoms with van der Waals surface area (Å²) in [6, 6.07) is 13.2. The summed E-state index contributed by atoms with van der Waals surface area (Å²) in [5, 5.41) is 21.8. The van der Waals surface area contributed by atoms with Crippen LogP contribution in [-0.2, 0) is 0 Å². The molecule has 1 atom stereocenters. The fourth-order valence-corrected chi connectivity index (χ4v) is 2.89. The second kappa shape index (κ2) is 8.51. The van der Waals surface area contributed by atoms with E-state index >= 15 is 0 Å². The zero-order valence-electron chi connectivity index (χ0n) is 16.3. The van der Waals surface area contributed by atoms with Crippen LogP contribution in [0.15, 0.2) is 48.5 Å². The van der Waals surface area contributed by atoms with Crippen LogP contribution in [0.5, 0.6) is 5.75 Å². The van der Waals surface area contributed by atoms with E-state index in [1.165, 1.54) is 16.8 Å². The van der Waals surface area contributed by atoms with Crippen LogP contribution in [0.2, 0.25) is 0 Å². The van der Waals surface area contributed by atoms with Gasteiger partial charge in [-0.1, -0.05) is 23.4 Å². The molecule has 0 aliphatic rings. The fourth-order valence-electron chi connectivity index (χ4n) is 2.89. The molecule has 0 aliphatic carbocycles. The highest BCUT2D eigenvalue weighted by atomic mass is 16.6. The van der Waals surface area contributed by atoms with Gasteiger partial charge in [-0.25, -0.2) is 4.68 Å². The second-order valence-electron chi connectivity index (χ2n) is 6.41. The minimum atomic E-state index is -0.484. The first-order chi connectivity index (χ1) is 13.9. The largest absolute Gasteiger partial charge is 0.494 e. The molecule has 2 aromatic carbocycles. The average molecular weight is 395 g/mol. The first-order valence-electron chi connectivity index (χ1n) is 9.11. The standard InChI is InChI=1S/C20H21N5O4/c1-4-29-18-10-8-15(9-11-18)13(2)21-20(26)19-14(3)24(23-22-19)16-6-5-7-17(12-16)25(27)28/h5-13H,4H2,1-3H3,(H,21,26). The summed E-state index contributed by atoms with van der Waals surface area (Å²) in [6.45, 7) is 6.06. The van der Waals surface area contributed by atoms with Crippen LogP contribution in [0.3, 0.4) is 0 Å². The number of non-ortho nitro benzene ring substituents is 1. The van der Waals surface area contributed by atoms with E-state index in [1.807, 2.05) is 38.1 Å². The summed E-state index contributed by atoms with van der Waals surface area (Å²) in [7, 11) is 0. The van der Waals surface area contributed by atoms with E-state index in [9.17, 15) is 14.9 Å². The smallest absolute Gasteiger partial charge is 0.274 e. The molecule has 3 aromatic rings. The van der Waals surface area contributed by atoms with Gasteiger partial charge in [-0.2, -0.15) is 0 Å². The number of hydrogen-bond acceptors (Lipinski definition) is 6. The summed E-state index contributed by atoms with van der Waals surface area (Å²) in [4.78, 5) is 23.2. The second-order valence-corrected chi connectivity index (χ2v) is 6.41. The maximum absolute atomic E-state index is 12.7. The highest BCUT2D eigenvalue weighted by molar-refractivity contribution is 5.93. The Morgan fingerprint density at radius 1 is 1.28 bits per heavy atom. The Kier molecular flexibility index (Phi) is 5.87. The van der Waals surface area contributed by atoms with Crippen molar-refractivity contribution in [1.29, 1.82) is 0 Å². The van der Waals surface area contributed by atoms with Crippen LogP contribution >= 0.6 is 0 Å². The van der Waals surface area contributed by atoms with Crippen LogP contribution in [0.4, 0.5) is 5.69 Å². The topological polar surface area (TPSA) is 112 Å². The number of ether oxygens (including phenoxy) is 1. The number of carbonyl (C=O) groups is 1. The number of nitro benzene ring substituents is 1. The number of nitrogens with one attached hydrogen (secondary N) is 1. The van der Waals surface area contributed by atoms with Crippen molar-refractivity contribution in [2.75, 3.05) is 6.61 Å². The maximum atomic E-state index is 12.7. The normalized spacial score (nSPS) is 11.7. The lowest BCUT2D eigenvalue weighted by Crippen LogP contribution is -2.27. The molecule has 0 saturated heterocycles. The van der Waals surface area contributed by atoms with Gasteiger partial charge < -0.3 is 10.1 Å². The predicted molar refractivity (Wildman–Crippen MR) is 106 cm³/mol. The van der Waals surface area contributed by atoms with Crippen molar-refractivity contribution in [3.63, 3.8) is 0 Å². The summed E-state index contributed by atoms with van der Waals surface area (Å²) in [5.74, 6) is 0.395. The third-order valence-corrected chi connectivity index (χ3v) is 4.43. The van der Waals surface area contributed by atoms with E-state index in [4.69, 9.17) is 4.74 Å². The van der Waals surface area contributed by atoms with Crippen molar-refractivity contribution >= 4 is 11.6 Å². The molecule has 0 fully saturated rings. The van der Waals surface area contributed by atoms with Crippen LogP contribution in [0, 0.1) is 17.0 Å². The third-order valence-electron chi connectivity index (χ3n) is 4.43. The molecule has 0 aliphatic heterocycles. The molecule has 9 nitrogen and oxygen atoms in total. The van der Waals surface area contributed by atoms with Crippen LogP contribution in [0.25, 0.3) is 5.69 Å². The molecule has 1 unspecified atom stereocenters. The van der Waals surface area contributed by atoms with E-state index in [2.05, 4.69) is 15.6 Å². The van der Waals surface area contributed by atoms with Crippen molar-refractivity contribution in [2.45, 2.75) is 26.8 Å². The van der Waals surface area contributed by atoms with E-state index < -0.39 is 4.92 Å². The molecular formula is C20H21N5O4. The molecule has 1 amide bonds. The Hall–Kier alpha value is -3.75. The van der Waals surface area contributed by atoms with Gasteiger partial charge in [-0.3, -0.25) is 14.9 Å². The predicted octanol–water partition coefficient (Wildman–Crippen LogP) is 3.37. The molecule has 29 heavy (non-hydrogen) atoms. The van der Waals surface area contributed by atoms with Crippen molar-refractivity contribution in [3.05, 3.63) is 75.6 Å². The molecule has 150 valence electrons. The van der Waals surface area contributed by atoms with Gasteiger partial charge in [0, 0.05) is 12.1 Å². The first kappa shape index (κ1) is 20.0. The molecule has 0 spiro atoms. The summed E-state index contributed by atoms with van der Waals surface area (Å²) in [5.41, 5.74) is 1.97. The highest BCUT2D eigenvalue weighted by Crippen LogP contribution is 2.20. The summed E-state index contributed by atoms with van der Waals surface area (Å²) in [6.07, 6.45) is 0. The zero-order chi connectivity index (χ0) is 21.0. The lowest BCUT2D eigenvalue weighted by molar-refractivity contribution is -0.384. The number of nitro groups is 1. The highest BCUT2D eigenvalue weighted by Gasteiger charge is 2.20. The van der Waals surface area contributed by atoms with Gasteiger partial charge in [0.2, 0.25) is 0 Å². The Balaban J connectivity index is 1.76. The molecule has 0 radical (unpaired) electrons. The summed E-state index contributed by atoms with van der Waals surface area (Å²) >= 11 is 0. The number of benzene rings is 2. The number of carbonyl (C=O) groups excluding carboxylic acids is 1. The Morgan fingerprint density at radius 2 is 2.00 bits per heavy atom. The van der Waals surface area contributed by atoms with Crippen LogP contribution in [-0.4, -0.2) is 32.4 Å². The zero-order valence-corrected chi connectivity index (χ0v) is 16.3. The van der Waals surface area contributed by atoms with Gasteiger partial charge in [0.1, 0.15) is 5.75 Å². The lowest BCUT2D eigenvalue weighted by atomic mass is 10.1. The number of hydrogen-bond donors (Lipinski definition) is 1. The van der Waals surface area contributed by atoms with Gasteiger partial charge >= 0.3 is 0 Å². The van der Waals surface area contributed by atoms with Crippen LogP contribution in [0.1, 0.15) is 41.6 Å². The van der Waals surface area contributed by atoms with Crippen molar-refractivity contribution in [1.82, 2.24) is 20.3 Å².